The average molecular weight is 283 g/mol. The summed E-state index contributed by atoms with van der Waals surface area (Å²) in [5.41, 5.74) is 3.69. The fraction of sp³-hybridized carbons (Fsp3) is 0.0625. The second kappa shape index (κ2) is 5.76. The second-order valence-corrected chi connectivity index (χ2v) is 4.55. The van der Waals surface area contributed by atoms with E-state index < -0.39 is 0 Å². The van der Waals surface area contributed by atoms with Crippen molar-refractivity contribution in [2.24, 2.45) is 5.84 Å². The lowest BCUT2D eigenvalue weighted by Gasteiger charge is -2.10. The van der Waals surface area contributed by atoms with Gasteiger partial charge in [-0.05, 0) is 24.3 Å². The molecule has 0 amide bonds. The van der Waals surface area contributed by atoms with E-state index in [0.717, 1.165) is 5.39 Å². The van der Waals surface area contributed by atoms with Crippen molar-refractivity contribution in [3.63, 3.8) is 0 Å². The zero-order valence-corrected chi connectivity index (χ0v) is 11.2. The van der Waals surface area contributed by atoms with Crippen LogP contribution in [0.25, 0.3) is 10.9 Å². The molecule has 3 rings (SSSR count). The number of benzene rings is 2. The monoisotopic (exact) mass is 283 g/mol. The Labute approximate surface area is 121 Å². The lowest BCUT2D eigenvalue weighted by molar-refractivity contribution is 0.303. The summed E-state index contributed by atoms with van der Waals surface area (Å²) in [7, 11) is 0. The zero-order chi connectivity index (χ0) is 14.7. The summed E-state index contributed by atoms with van der Waals surface area (Å²) in [5, 5.41) is 0.931. The molecule has 0 bridgehead atoms. The highest BCUT2D eigenvalue weighted by molar-refractivity contribution is 5.85. The van der Waals surface area contributed by atoms with Gasteiger partial charge in [0.15, 0.2) is 0 Å². The number of fused-ring (bicyclic) bond motifs is 1. The Hall–Kier alpha value is -2.66. The fourth-order valence-electron chi connectivity index (χ4n) is 2.09. The van der Waals surface area contributed by atoms with E-state index in [1.54, 1.807) is 30.3 Å². The lowest BCUT2D eigenvalue weighted by atomic mass is 10.2. The highest BCUT2D eigenvalue weighted by atomic mass is 19.1. The van der Waals surface area contributed by atoms with Crippen LogP contribution in [0.4, 0.5) is 10.2 Å². The Kier molecular flexibility index (Phi) is 3.66. The van der Waals surface area contributed by atoms with Gasteiger partial charge in [0.1, 0.15) is 29.5 Å². The Morgan fingerprint density at radius 3 is 2.71 bits per heavy atom. The normalized spacial score (nSPS) is 10.6. The number of rotatable bonds is 4. The third kappa shape index (κ3) is 2.78. The van der Waals surface area contributed by atoms with E-state index in [0.29, 0.717) is 22.6 Å². The predicted octanol–water partition coefficient (Wildman–Crippen LogP) is 3.24. The third-order valence-corrected chi connectivity index (χ3v) is 3.17. The molecule has 2 aromatic carbocycles. The van der Waals surface area contributed by atoms with Gasteiger partial charge in [0, 0.05) is 10.9 Å². The van der Waals surface area contributed by atoms with Crippen molar-refractivity contribution in [3.8, 4) is 5.75 Å². The average Bonchev–Trinajstić information content (AvgIpc) is 2.53. The van der Waals surface area contributed by atoms with Crippen LogP contribution in [0.2, 0.25) is 0 Å². The van der Waals surface area contributed by atoms with Crippen LogP contribution in [0, 0.1) is 5.82 Å². The number of para-hydroxylation sites is 1. The van der Waals surface area contributed by atoms with Crippen molar-refractivity contribution in [2.75, 3.05) is 5.43 Å². The van der Waals surface area contributed by atoms with Crippen molar-refractivity contribution < 1.29 is 9.13 Å². The molecule has 0 aliphatic rings. The maximum Gasteiger partial charge on any atom is 0.146 e. The van der Waals surface area contributed by atoms with Gasteiger partial charge in [-0.25, -0.2) is 15.2 Å². The number of ether oxygens (including phenoxy) is 1. The first kappa shape index (κ1) is 13.3. The molecule has 21 heavy (non-hydrogen) atoms. The van der Waals surface area contributed by atoms with E-state index in [-0.39, 0.29) is 12.4 Å². The zero-order valence-electron chi connectivity index (χ0n) is 11.2. The lowest BCUT2D eigenvalue weighted by Crippen LogP contribution is -2.08. The SMILES string of the molecule is NNc1ccc2cccc(OCc3ccccc3F)c2n1. The molecule has 0 radical (unpaired) electrons. The van der Waals surface area contributed by atoms with Crippen molar-refractivity contribution in [1.82, 2.24) is 4.98 Å². The van der Waals surface area contributed by atoms with E-state index in [1.165, 1.54) is 6.07 Å². The van der Waals surface area contributed by atoms with Crippen LogP contribution in [0.15, 0.2) is 54.6 Å². The molecule has 3 N–H and O–H groups in total. The molecule has 3 aromatic rings. The molecule has 0 saturated heterocycles. The first-order valence-electron chi connectivity index (χ1n) is 6.50. The summed E-state index contributed by atoms with van der Waals surface area (Å²) in [6.45, 7) is 0.147. The number of halogens is 1. The molecule has 106 valence electrons. The Morgan fingerprint density at radius 2 is 1.90 bits per heavy atom. The first-order valence-corrected chi connectivity index (χ1v) is 6.50. The molecule has 0 aliphatic carbocycles. The molecule has 0 aliphatic heterocycles. The van der Waals surface area contributed by atoms with Crippen LogP contribution in [0.5, 0.6) is 5.75 Å². The quantitative estimate of drug-likeness (QED) is 0.570. The van der Waals surface area contributed by atoms with Gasteiger partial charge in [-0.3, -0.25) is 0 Å². The van der Waals surface area contributed by atoms with Gasteiger partial charge < -0.3 is 10.2 Å². The molecule has 0 spiro atoms. The van der Waals surface area contributed by atoms with Crippen molar-refractivity contribution in [3.05, 3.63) is 66.0 Å². The highest BCUT2D eigenvalue weighted by Crippen LogP contribution is 2.26. The van der Waals surface area contributed by atoms with Crippen LogP contribution >= 0.6 is 0 Å². The van der Waals surface area contributed by atoms with Gasteiger partial charge in [0.25, 0.3) is 0 Å². The van der Waals surface area contributed by atoms with Gasteiger partial charge in [-0.15, -0.1) is 0 Å². The highest BCUT2D eigenvalue weighted by Gasteiger charge is 2.07. The summed E-state index contributed by atoms with van der Waals surface area (Å²) >= 11 is 0. The number of nitrogen functional groups attached to an aromatic ring is 1. The standard InChI is InChI=1S/C16H14FN3O/c17-13-6-2-1-4-12(13)10-21-14-7-3-5-11-8-9-15(20-18)19-16(11)14/h1-9H,10,18H2,(H,19,20). The number of nitrogens with one attached hydrogen (secondary N) is 1. The molecule has 0 fully saturated rings. The van der Waals surface area contributed by atoms with Gasteiger partial charge >= 0.3 is 0 Å². The smallest absolute Gasteiger partial charge is 0.146 e. The first-order chi connectivity index (χ1) is 10.3. The Bertz CT molecular complexity index is 776. The largest absolute Gasteiger partial charge is 0.487 e. The van der Waals surface area contributed by atoms with Crippen LogP contribution in [0.3, 0.4) is 0 Å². The van der Waals surface area contributed by atoms with E-state index in [9.17, 15) is 4.39 Å². The van der Waals surface area contributed by atoms with Crippen molar-refractivity contribution in [2.45, 2.75) is 6.61 Å². The molecular weight excluding hydrogens is 269 g/mol. The summed E-state index contributed by atoms with van der Waals surface area (Å²) < 4.78 is 19.3. The van der Waals surface area contributed by atoms with E-state index in [4.69, 9.17) is 10.6 Å². The minimum atomic E-state index is -0.282. The molecule has 1 aromatic heterocycles. The third-order valence-electron chi connectivity index (χ3n) is 3.17. The maximum atomic E-state index is 13.6. The maximum absolute atomic E-state index is 13.6. The van der Waals surface area contributed by atoms with Crippen molar-refractivity contribution >= 4 is 16.7 Å². The number of nitrogens with two attached hydrogens (primary N) is 1. The summed E-state index contributed by atoms with van der Waals surface area (Å²) in [6.07, 6.45) is 0. The molecule has 0 atom stereocenters. The van der Waals surface area contributed by atoms with Gasteiger partial charge in [-0.1, -0.05) is 30.3 Å². The van der Waals surface area contributed by atoms with E-state index in [2.05, 4.69) is 10.4 Å². The number of pyridine rings is 1. The molecule has 1 heterocycles. The van der Waals surface area contributed by atoms with Crippen LogP contribution < -0.4 is 16.0 Å². The predicted molar refractivity (Wildman–Crippen MR) is 80.3 cm³/mol. The van der Waals surface area contributed by atoms with E-state index in [1.807, 2.05) is 18.2 Å². The molecular formula is C16H14FN3O. The van der Waals surface area contributed by atoms with Crippen molar-refractivity contribution in [1.29, 1.82) is 0 Å². The number of hydrazine groups is 1. The topological polar surface area (TPSA) is 60.2 Å². The minimum Gasteiger partial charge on any atom is -0.487 e. The number of nitrogens with zero attached hydrogens (tertiary/aromatic N) is 1. The number of aromatic nitrogens is 1. The number of hydrogen-bond acceptors (Lipinski definition) is 4. The van der Waals surface area contributed by atoms with Crippen LogP contribution in [0.1, 0.15) is 5.56 Å². The van der Waals surface area contributed by atoms with Gasteiger partial charge in [-0.2, -0.15) is 0 Å². The summed E-state index contributed by atoms with van der Waals surface area (Å²) in [5.74, 6) is 6.23. The Balaban J connectivity index is 1.91. The number of hydrogen-bond donors (Lipinski definition) is 2. The molecule has 4 nitrogen and oxygen atoms in total. The van der Waals surface area contributed by atoms with Crippen LogP contribution in [-0.2, 0) is 6.61 Å². The molecule has 0 unspecified atom stereocenters. The molecule has 5 heteroatoms. The minimum absolute atomic E-state index is 0.147. The van der Waals surface area contributed by atoms with Gasteiger partial charge in [0.05, 0.1) is 0 Å². The summed E-state index contributed by atoms with van der Waals surface area (Å²) in [4.78, 5) is 4.37. The number of anilines is 1. The van der Waals surface area contributed by atoms with Gasteiger partial charge in [0.2, 0.25) is 0 Å². The van der Waals surface area contributed by atoms with E-state index >= 15 is 0 Å². The molecule has 0 saturated carbocycles. The van der Waals surface area contributed by atoms with Crippen LogP contribution in [-0.4, -0.2) is 4.98 Å². The summed E-state index contributed by atoms with van der Waals surface area (Å²) in [6, 6.07) is 15.8. The fourth-order valence-corrected chi connectivity index (χ4v) is 2.09. The second-order valence-electron chi connectivity index (χ2n) is 4.55. The Morgan fingerprint density at radius 1 is 1.05 bits per heavy atom.